The monoisotopic (exact) mass is 316 g/mol. The Morgan fingerprint density at radius 2 is 1.95 bits per heavy atom. The number of sulfonamides is 1. The highest BCUT2D eigenvalue weighted by molar-refractivity contribution is 7.89. The molecule has 0 saturated heterocycles. The Hall–Kier alpha value is -0.780. The zero-order valence-corrected chi connectivity index (χ0v) is 13.3. The molecule has 1 aliphatic carbocycles. The third-order valence-electron chi connectivity index (χ3n) is 3.92. The van der Waals surface area contributed by atoms with Gasteiger partial charge < -0.3 is 5.73 Å². The second kappa shape index (κ2) is 6.33. The Morgan fingerprint density at radius 3 is 2.55 bits per heavy atom. The molecule has 0 aliphatic heterocycles. The van der Waals surface area contributed by atoms with Gasteiger partial charge in [-0.25, -0.2) is 12.7 Å². The number of nitrogens with zero attached hydrogens (tertiary/aromatic N) is 1. The average Bonchev–Trinajstić information content (AvgIpc) is 2.42. The Bertz CT molecular complexity index is 569. The van der Waals surface area contributed by atoms with Crippen molar-refractivity contribution in [3.63, 3.8) is 0 Å². The second-order valence-corrected chi connectivity index (χ2v) is 7.92. The van der Waals surface area contributed by atoms with E-state index in [4.69, 9.17) is 17.3 Å². The van der Waals surface area contributed by atoms with Crippen LogP contribution >= 0.6 is 11.6 Å². The maximum atomic E-state index is 12.5. The number of nitrogens with two attached hydrogens (primary N) is 1. The molecule has 0 radical (unpaired) electrons. The summed E-state index contributed by atoms with van der Waals surface area (Å²) in [7, 11) is -1.85. The van der Waals surface area contributed by atoms with E-state index in [1.165, 1.54) is 41.8 Å². The van der Waals surface area contributed by atoms with Crippen LogP contribution in [0.3, 0.4) is 0 Å². The summed E-state index contributed by atoms with van der Waals surface area (Å²) in [5.74, 6) is 0.466. The van der Waals surface area contributed by atoms with Crippen molar-refractivity contribution >= 4 is 27.3 Å². The first-order valence-corrected chi connectivity index (χ1v) is 8.74. The Labute approximate surface area is 126 Å². The highest BCUT2D eigenvalue weighted by Crippen LogP contribution is 2.28. The van der Waals surface area contributed by atoms with Gasteiger partial charge in [0.05, 0.1) is 15.6 Å². The molecule has 1 saturated carbocycles. The fourth-order valence-electron chi connectivity index (χ4n) is 2.68. The molecule has 2 N–H and O–H groups in total. The highest BCUT2D eigenvalue weighted by atomic mass is 35.5. The summed E-state index contributed by atoms with van der Waals surface area (Å²) in [6, 6.07) is 4.46. The van der Waals surface area contributed by atoms with Crippen LogP contribution in [0.25, 0.3) is 0 Å². The summed E-state index contributed by atoms with van der Waals surface area (Å²) in [6.45, 7) is 0.574. The van der Waals surface area contributed by atoms with Crippen molar-refractivity contribution in [1.82, 2.24) is 4.31 Å². The van der Waals surface area contributed by atoms with Gasteiger partial charge in [0, 0.05) is 13.6 Å². The van der Waals surface area contributed by atoms with Crippen LogP contribution in [0.15, 0.2) is 23.1 Å². The Morgan fingerprint density at radius 1 is 1.30 bits per heavy atom. The normalized spacial score (nSPS) is 17.6. The molecule has 6 heteroatoms. The maximum Gasteiger partial charge on any atom is 0.242 e. The lowest BCUT2D eigenvalue weighted by Gasteiger charge is -2.26. The van der Waals surface area contributed by atoms with Gasteiger partial charge in [-0.05, 0) is 37.0 Å². The molecule has 0 atom stereocenters. The largest absolute Gasteiger partial charge is 0.398 e. The Balaban J connectivity index is 2.13. The van der Waals surface area contributed by atoms with E-state index in [0.717, 1.165) is 12.8 Å². The van der Waals surface area contributed by atoms with E-state index in [2.05, 4.69) is 0 Å². The molecule has 0 heterocycles. The standard InChI is InChI=1S/C14H21ClN2O2S/c1-17(10-11-5-3-2-4-6-11)20(18,19)12-7-8-14(16)13(15)9-12/h7-9,11H,2-6,10,16H2,1H3. The van der Waals surface area contributed by atoms with E-state index < -0.39 is 10.0 Å². The summed E-state index contributed by atoms with van der Waals surface area (Å²) in [5, 5.41) is 0.275. The highest BCUT2D eigenvalue weighted by Gasteiger charge is 2.25. The fraction of sp³-hybridized carbons (Fsp3) is 0.571. The smallest absolute Gasteiger partial charge is 0.242 e. The molecule has 0 aromatic heterocycles. The number of hydrogen-bond acceptors (Lipinski definition) is 3. The minimum absolute atomic E-state index is 0.204. The molecule has 20 heavy (non-hydrogen) atoms. The van der Waals surface area contributed by atoms with Crippen molar-refractivity contribution in [2.24, 2.45) is 5.92 Å². The van der Waals surface area contributed by atoms with Crippen LogP contribution in [-0.2, 0) is 10.0 Å². The third-order valence-corrected chi connectivity index (χ3v) is 6.07. The van der Waals surface area contributed by atoms with Gasteiger partial charge in [-0.1, -0.05) is 30.9 Å². The zero-order valence-electron chi connectivity index (χ0n) is 11.7. The van der Waals surface area contributed by atoms with Crippen molar-refractivity contribution in [2.75, 3.05) is 19.3 Å². The lowest BCUT2D eigenvalue weighted by atomic mass is 9.89. The number of hydrogen-bond donors (Lipinski definition) is 1. The molecule has 0 spiro atoms. The number of benzene rings is 1. The van der Waals surface area contributed by atoms with Crippen molar-refractivity contribution in [3.8, 4) is 0 Å². The maximum absolute atomic E-state index is 12.5. The van der Waals surface area contributed by atoms with Gasteiger partial charge in [0.15, 0.2) is 0 Å². The summed E-state index contributed by atoms with van der Waals surface area (Å²) in [6.07, 6.45) is 5.89. The van der Waals surface area contributed by atoms with Crippen LogP contribution in [0, 0.1) is 5.92 Å². The number of nitrogen functional groups attached to an aromatic ring is 1. The van der Waals surface area contributed by atoms with Gasteiger partial charge in [-0.3, -0.25) is 0 Å². The summed E-state index contributed by atoms with van der Waals surface area (Å²) in [4.78, 5) is 0.204. The molecule has 1 fully saturated rings. The minimum Gasteiger partial charge on any atom is -0.398 e. The van der Waals surface area contributed by atoms with Gasteiger partial charge in [-0.15, -0.1) is 0 Å². The molecular formula is C14H21ClN2O2S. The van der Waals surface area contributed by atoms with Crippen LogP contribution in [-0.4, -0.2) is 26.3 Å². The summed E-state index contributed by atoms with van der Waals surface area (Å²) < 4.78 is 26.4. The zero-order chi connectivity index (χ0) is 14.8. The van der Waals surface area contributed by atoms with E-state index >= 15 is 0 Å². The predicted octanol–water partition coefficient (Wildman–Crippen LogP) is 3.12. The second-order valence-electron chi connectivity index (χ2n) is 5.47. The van der Waals surface area contributed by atoms with E-state index in [1.807, 2.05) is 0 Å². The number of anilines is 1. The van der Waals surface area contributed by atoms with Gasteiger partial charge in [0.2, 0.25) is 10.0 Å². The van der Waals surface area contributed by atoms with Crippen LogP contribution in [0.5, 0.6) is 0 Å². The molecule has 1 aliphatic rings. The average molecular weight is 317 g/mol. The van der Waals surface area contributed by atoms with Gasteiger partial charge in [-0.2, -0.15) is 0 Å². The molecule has 112 valence electrons. The van der Waals surface area contributed by atoms with Gasteiger partial charge in [0.1, 0.15) is 0 Å². The predicted molar refractivity (Wildman–Crippen MR) is 82.3 cm³/mol. The van der Waals surface area contributed by atoms with Gasteiger partial charge >= 0.3 is 0 Å². The first-order valence-electron chi connectivity index (χ1n) is 6.92. The van der Waals surface area contributed by atoms with Crippen molar-refractivity contribution in [3.05, 3.63) is 23.2 Å². The molecule has 0 bridgehead atoms. The van der Waals surface area contributed by atoms with Crippen LogP contribution in [0.1, 0.15) is 32.1 Å². The number of rotatable bonds is 4. The van der Waals surface area contributed by atoms with Gasteiger partial charge in [0.25, 0.3) is 0 Å². The van der Waals surface area contributed by atoms with E-state index in [0.29, 0.717) is 18.2 Å². The van der Waals surface area contributed by atoms with Crippen molar-refractivity contribution in [2.45, 2.75) is 37.0 Å². The molecule has 0 amide bonds. The third kappa shape index (κ3) is 3.45. The quantitative estimate of drug-likeness (QED) is 0.868. The van der Waals surface area contributed by atoms with Crippen molar-refractivity contribution < 1.29 is 8.42 Å². The lowest BCUT2D eigenvalue weighted by molar-refractivity contribution is 0.300. The van der Waals surface area contributed by atoms with Crippen molar-refractivity contribution in [1.29, 1.82) is 0 Å². The summed E-state index contributed by atoms with van der Waals surface area (Å²) >= 11 is 5.91. The molecule has 4 nitrogen and oxygen atoms in total. The van der Waals surface area contributed by atoms with E-state index in [-0.39, 0.29) is 9.92 Å². The topological polar surface area (TPSA) is 63.4 Å². The molecule has 1 aromatic carbocycles. The fourth-order valence-corrected chi connectivity index (χ4v) is 4.20. The molecule has 1 aromatic rings. The van der Waals surface area contributed by atoms with Crippen LogP contribution < -0.4 is 5.73 Å². The minimum atomic E-state index is -3.48. The lowest BCUT2D eigenvalue weighted by Crippen LogP contribution is -2.32. The first-order chi connectivity index (χ1) is 9.41. The van der Waals surface area contributed by atoms with Crippen LogP contribution in [0.4, 0.5) is 5.69 Å². The summed E-state index contributed by atoms with van der Waals surface area (Å²) in [5.41, 5.74) is 6.01. The SMILES string of the molecule is CN(CC1CCCCC1)S(=O)(=O)c1ccc(N)c(Cl)c1. The Kier molecular flexibility index (Phi) is 4.94. The van der Waals surface area contributed by atoms with Crippen LogP contribution in [0.2, 0.25) is 5.02 Å². The molecule has 0 unspecified atom stereocenters. The number of halogens is 1. The van der Waals surface area contributed by atoms with E-state index in [1.54, 1.807) is 7.05 Å². The molecular weight excluding hydrogens is 296 g/mol. The molecule has 2 rings (SSSR count). The first kappa shape index (κ1) is 15.6. The van der Waals surface area contributed by atoms with E-state index in [9.17, 15) is 8.42 Å².